The third-order valence-electron chi connectivity index (χ3n) is 4.55. The topological polar surface area (TPSA) is 46.9 Å². The molecule has 4 rings (SSSR count). The largest absolute Gasteiger partial charge is 0.349 e. The number of fused-ring (bicyclic) bond motifs is 1. The van der Waals surface area contributed by atoms with Gasteiger partial charge in [0.25, 0.3) is 5.91 Å². The van der Waals surface area contributed by atoms with E-state index in [0.29, 0.717) is 11.6 Å². The van der Waals surface area contributed by atoms with Crippen LogP contribution in [-0.2, 0) is 0 Å². The summed E-state index contributed by atoms with van der Waals surface area (Å²) in [5.41, 5.74) is 3.76. The molecule has 1 fully saturated rings. The van der Waals surface area contributed by atoms with Crippen molar-refractivity contribution in [3.05, 3.63) is 60.4 Å². The van der Waals surface area contributed by atoms with E-state index in [1.807, 2.05) is 59.4 Å². The number of carbonyl (C=O) groups excluding carboxylic acids is 1. The summed E-state index contributed by atoms with van der Waals surface area (Å²) >= 11 is 0. The third-order valence-corrected chi connectivity index (χ3v) is 4.55. The maximum Gasteiger partial charge on any atom is 0.251 e. The van der Waals surface area contributed by atoms with Crippen molar-refractivity contribution in [2.45, 2.75) is 31.7 Å². The minimum Gasteiger partial charge on any atom is -0.349 e. The molecule has 1 aromatic heterocycles. The average Bonchev–Trinajstić information content (AvgIpc) is 3.24. The lowest BCUT2D eigenvalue weighted by Crippen LogP contribution is -2.32. The molecule has 1 aliphatic rings. The average molecular weight is 305 g/mol. The van der Waals surface area contributed by atoms with E-state index < -0.39 is 0 Å². The van der Waals surface area contributed by atoms with E-state index >= 15 is 0 Å². The Hall–Kier alpha value is -2.62. The summed E-state index contributed by atoms with van der Waals surface area (Å²) in [6.07, 6.45) is 6.46. The summed E-state index contributed by atoms with van der Waals surface area (Å²) in [7, 11) is 0. The Morgan fingerprint density at radius 3 is 2.57 bits per heavy atom. The molecule has 0 spiro atoms. The summed E-state index contributed by atoms with van der Waals surface area (Å²) in [5.74, 6) is 0.0268. The molecule has 3 aromatic rings. The fraction of sp³-hybridized carbons (Fsp3) is 0.263. The quantitative estimate of drug-likeness (QED) is 0.802. The Balaban J connectivity index is 1.56. The summed E-state index contributed by atoms with van der Waals surface area (Å²) < 4.78 is 2.04. The minimum atomic E-state index is 0.0268. The number of nitrogens with one attached hydrogen (secondary N) is 1. The number of hydrogen-bond donors (Lipinski definition) is 1. The Morgan fingerprint density at radius 2 is 1.78 bits per heavy atom. The number of rotatable bonds is 3. The SMILES string of the molecule is O=C(NC1CCCC1)c1ccc(-n2cnc3ccccc32)cc1. The predicted molar refractivity (Wildman–Crippen MR) is 90.8 cm³/mol. The minimum absolute atomic E-state index is 0.0268. The molecule has 0 bridgehead atoms. The van der Waals surface area contributed by atoms with Gasteiger partial charge in [-0.2, -0.15) is 0 Å². The van der Waals surface area contributed by atoms with Crippen molar-refractivity contribution in [3.63, 3.8) is 0 Å². The van der Waals surface area contributed by atoms with Gasteiger partial charge in [-0.1, -0.05) is 25.0 Å². The normalized spacial score (nSPS) is 15.1. The lowest BCUT2D eigenvalue weighted by Gasteiger charge is -2.12. The molecule has 4 heteroatoms. The van der Waals surface area contributed by atoms with Crippen molar-refractivity contribution < 1.29 is 4.79 Å². The molecule has 2 aromatic carbocycles. The van der Waals surface area contributed by atoms with Gasteiger partial charge in [-0.25, -0.2) is 4.98 Å². The molecule has 0 aliphatic heterocycles. The van der Waals surface area contributed by atoms with Crippen LogP contribution in [-0.4, -0.2) is 21.5 Å². The molecule has 0 unspecified atom stereocenters. The first-order chi connectivity index (χ1) is 11.3. The highest BCUT2D eigenvalue weighted by atomic mass is 16.1. The molecule has 1 N–H and O–H groups in total. The van der Waals surface area contributed by atoms with Crippen molar-refractivity contribution in [1.82, 2.24) is 14.9 Å². The van der Waals surface area contributed by atoms with E-state index in [1.54, 1.807) is 0 Å². The Kier molecular flexibility index (Phi) is 3.58. The van der Waals surface area contributed by atoms with Gasteiger partial charge in [0, 0.05) is 17.3 Å². The van der Waals surface area contributed by atoms with Crippen LogP contribution in [0, 0.1) is 0 Å². The van der Waals surface area contributed by atoms with Gasteiger partial charge < -0.3 is 5.32 Å². The Morgan fingerprint density at radius 1 is 1.04 bits per heavy atom. The zero-order valence-electron chi connectivity index (χ0n) is 12.9. The molecule has 0 atom stereocenters. The van der Waals surface area contributed by atoms with Crippen molar-refractivity contribution in [2.75, 3.05) is 0 Å². The highest BCUT2D eigenvalue weighted by molar-refractivity contribution is 5.94. The van der Waals surface area contributed by atoms with E-state index in [4.69, 9.17) is 0 Å². The molecule has 1 saturated carbocycles. The fourth-order valence-electron chi connectivity index (χ4n) is 3.28. The molecule has 0 saturated heterocycles. The van der Waals surface area contributed by atoms with Gasteiger partial charge in [0.2, 0.25) is 0 Å². The van der Waals surface area contributed by atoms with Crippen molar-refractivity contribution >= 4 is 16.9 Å². The van der Waals surface area contributed by atoms with Crippen molar-refractivity contribution in [1.29, 1.82) is 0 Å². The van der Waals surface area contributed by atoms with Crippen molar-refractivity contribution in [2.24, 2.45) is 0 Å². The highest BCUT2D eigenvalue weighted by Crippen LogP contribution is 2.20. The summed E-state index contributed by atoms with van der Waals surface area (Å²) in [5, 5.41) is 3.12. The molecule has 23 heavy (non-hydrogen) atoms. The van der Waals surface area contributed by atoms with Gasteiger partial charge in [-0.15, -0.1) is 0 Å². The first-order valence-corrected chi connectivity index (χ1v) is 8.15. The van der Waals surface area contributed by atoms with Gasteiger partial charge in [0.1, 0.15) is 6.33 Å². The number of carbonyl (C=O) groups is 1. The predicted octanol–water partition coefficient (Wildman–Crippen LogP) is 3.70. The Labute approximate surface area is 135 Å². The number of imidazole rings is 1. The van der Waals surface area contributed by atoms with Gasteiger partial charge in [0.05, 0.1) is 11.0 Å². The molecule has 1 heterocycles. The van der Waals surface area contributed by atoms with Crippen LogP contribution in [0.15, 0.2) is 54.9 Å². The standard InChI is InChI=1S/C19H19N3O/c23-19(21-15-5-1-2-6-15)14-9-11-16(12-10-14)22-13-20-17-7-3-4-8-18(17)22/h3-4,7-13,15H,1-2,5-6H2,(H,21,23). The summed E-state index contributed by atoms with van der Waals surface area (Å²) in [6, 6.07) is 16.1. The second kappa shape index (κ2) is 5.88. The number of benzene rings is 2. The number of aromatic nitrogens is 2. The van der Waals surface area contributed by atoms with E-state index in [2.05, 4.69) is 10.3 Å². The second-order valence-electron chi connectivity index (χ2n) is 6.11. The van der Waals surface area contributed by atoms with Crippen molar-refractivity contribution in [3.8, 4) is 5.69 Å². The van der Waals surface area contributed by atoms with E-state index in [-0.39, 0.29) is 5.91 Å². The number of hydrogen-bond acceptors (Lipinski definition) is 2. The lowest BCUT2D eigenvalue weighted by molar-refractivity contribution is 0.0938. The van der Waals surface area contributed by atoms with Gasteiger partial charge in [0.15, 0.2) is 0 Å². The lowest BCUT2D eigenvalue weighted by atomic mass is 10.1. The zero-order chi connectivity index (χ0) is 15.6. The monoisotopic (exact) mass is 305 g/mol. The maximum atomic E-state index is 12.3. The molecule has 4 nitrogen and oxygen atoms in total. The molecular weight excluding hydrogens is 286 g/mol. The number of nitrogens with zero attached hydrogens (tertiary/aromatic N) is 2. The fourth-order valence-corrected chi connectivity index (χ4v) is 3.28. The van der Waals surface area contributed by atoms with Crippen LogP contribution in [0.1, 0.15) is 36.0 Å². The van der Waals surface area contributed by atoms with Crippen LogP contribution in [0.5, 0.6) is 0 Å². The highest BCUT2D eigenvalue weighted by Gasteiger charge is 2.17. The molecule has 1 aliphatic carbocycles. The van der Waals surface area contributed by atoms with Crippen LogP contribution in [0.4, 0.5) is 0 Å². The first kappa shape index (κ1) is 14.0. The maximum absolute atomic E-state index is 12.3. The van der Waals surface area contributed by atoms with Crippen LogP contribution in [0.2, 0.25) is 0 Å². The first-order valence-electron chi connectivity index (χ1n) is 8.15. The molecule has 1 amide bonds. The molecule has 0 radical (unpaired) electrons. The summed E-state index contributed by atoms with van der Waals surface area (Å²) in [6.45, 7) is 0. The van der Waals surface area contributed by atoms with Gasteiger partial charge in [-0.05, 0) is 49.2 Å². The number of amides is 1. The van der Waals surface area contributed by atoms with Crippen LogP contribution >= 0.6 is 0 Å². The Bertz CT molecular complexity index is 829. The van der Waals surface area contributed by atoms with Crippen LogP contribution in [0.25, 0.3) is 16.7 Å². The van der Waals surface area contributed by atoms with Crippen LogP contribution in [0.3, 0.4) is 0 Å². The third kappa shape index (κ3) is 2.72. The molecular formula is C19H19N3O. The van der Waals surface area contributed by atoms with Gasteiger partial charge >= 0.3 is 0 Å². The second-order valence-corrected chi connectivity index (χ2v) is 6.11. The summed E-state index contributed by atoms with van der Waals surface area (Å²) in [4.78, 5) is 16.7. The zero-order valence-corrected chi connectivity index (χ0v) is 12.9. The van der Waals surface area contributed by atoms with E-state index in [1.165, 1.54) is 12.8 Å². The van der Waals surface area contributed by atoms with E-state index in [9.17, 15) is 4.79 Å². The van der Waals surface area contributed by atoms with Crippen LogP contribution < -0.4 is 5.32 Å². The number of para-hydroxylation sites is 2. The van der Waals surface area contributed by atoms with Gasteiger partial charge in [-0.3, -0.25) is 9.36 Å². The molecule has 116 valence electrons. The smallest absolute Gasteiger partial charge is 0.251 e. The van der Waals surface area contributed by atoms with E-state index in [0.717, 1.165) is 29.6 Å².